The van der Waals surface area contributed by atoms with Gasteiger partial charge in [-0.25, -0.2) is 13.1 Å². The van der Waals surface area contributed by atoms with E-state index in [4.69, 9.17) is 4.74 Å². The number of carbonyl (C=O) groups is 1. The van der Waals surface area contributed by atoms with E-state index in [0.29, 0.717) is 6.54 Å². The standard InChI is InChI=1S/C20H25N3O6S/c1-20(2,3)29-19(24)16(21-13-15-9-5-4-6-10-15)14-22-30(27,28)18-12-8-7-11-17(18)23(25)26/h4-12,16,21-22H,13-14H2,1-3H3. The first-order valence-corrected chi connectivity index (χ1v) is 10.7. The molecule has 0 saturated heterocycles. The molecule has 162 valence electrons. The number of benzene rings is 2. The third-order valence-electron chi connectivity index (χ3n) is 3.92. The summed E-state index contributed by atoms with van der Waals surface area (Å²) in [5.74, 6) is -0.635. The summed E-state index contributed by atoms with van der Waals surface area (Å²) in [6, 6.07) is 13.3. The lowest BCUT2D eigenvalue weighted by Crippen LogP contribution is -2.48. The van der Waals surface area contributed by atoms with Crippen LogP contribution in [0.15, 0.2) is 59.5 Å². The number of nitrogens with zero attached hydrogens (tertiary/aromatic N) is 1. The topological polar surface area (TPSA) is 128 Å². The maximum absolute atomic E-state index is 12.6. The van der Waals surface area contributed by atoms with Crippen LogP contribution in [-0.2, 0) is 26.1 Å². The van der Waals surface area contributed by atoms with E-state index in [2.05, 4.69) is 10.0 Å². The van der Waals surface area contributed by atoms with Gasteiger partial charge in [0.1, 0.15) is 11.6 Å². The molecule has 2 rings (SSSR count). The minimum atomic E-state index is -4.23. The number of ether oxygens (including phenoxy) is 1. The van der Waals surface area contributed by atoms with Gasteiger partial charge in [0, 0.05) is 19.2 Å². The van der Waals surface area contributed by atoms with Gasteiger partial charge in [-0.1, -0.05) is 42.5 Å². The molecule has 0 aliphatic heterocycles. The van der Waals surface area contributed by atoms with Crippen LogP contribution >= 0.6 is 0 Å². The molecule has 2 N–H and O–H groups in total. The summed E-state index contributed by atoms with van der Waals surface area (Å²) < 4.78 is 33.0. The summed E-state index contributed by atoms with van der Waals surface area (Å²) in [5, 5.41) is 14.1. The van der Waals surface area contributed by atoms with Gasteiger partial charge >= 0.3 is 5.97 Å². The monoisotopic (exact) mass is 435 g/mol. The Hall–Kier alpha value is -2.82. The maximum atomic E-state index is 12.6. The van der Waals surface area contributed by atoms with Gasteiger partial charge in [-0.05, 0) is 32.4 Å². The lowest BCUT2D eigenvalue weighted by atomic mass is 10.1. The van der Waals surface area contributed by atoms with Crippen molar-refractivity contribution in [2.24, 2.45) is 0 Å². The molecule has 1 unspecified atom stereocenters. The van der Waals surface area contributed by atoms with E-state index >= 15 is 0 Å². The molecule has 0 fully saturated rings. The number of esters is 1. The van der Waals surface area contributed by atoms with Crippen molar-refractivity contribution in [3.63, 3.8) is 0 Å². The molecule has 0 aliphatic carbocycles. The first-order valence-electron chi connectivity index (χ1n) is 9.23. The Morgan fingerprint density at radius 3 is 2.30 bits per heavy atom. The second kappa shape index (κ2) is 9.79. The number of nitro benzene ring substituents is 1. The average molecular weight is 436 g/mol. The van der Waals surface area contributed by atoms with E-state index in [1.807, 2.05) is 30.3 Å². The molecule has 0 bridgehead atoms. The van der Waals surface area contributed by atoms with Gasteiger partial charge in [-0.3, -0.25) is 20.2 Å². The van der Waals surface area contributed by atoms with Gasteiger partial charge in [0.15, 0.2) is 4.90 Å². The number of hydrogen-bond donors (Lipinski definition) is 2. The average Bonchev–Trinajstić information content (AvgIpc) is 2.67. The fraction of sp³-hybridized carbons (Fsp3) is 0.350. The molecular weight excluding hydrogens is 410 g/mol. The highest BCUT2D eigenvalue weighted by atomic mass is 32.2. The number of para-hydroxylation sites is 1. The quantitative estimate of drug-likeness (QED) is 0.352. The van der Waals surface area contributed by atoms with Crippen molar-refractivity contribution in [1.82, 2.24) is 10.0 Å². The molecule has 0 amide bonds. The molecule has 30 heavy (non-hydrogen) atoms. The Kier molecular flexibility index (Phi) is 7.65. The van der Waals surface area contributed by atoms with E-state index in [9.17, 15) is 23.3 Å². The van der Waals surface area contributed by atoms with Crippen LogP contribution in [0.3, 0.4) is 0 Å². The molecule has 0 aliphatic rings. The number of sulfonamides is 1. The summed E-state index contributed by atoms with van der Waals surface area (Å²) in [6.07, 6.45) is 0. The summed E-state index contributed by atoms with van der Waals surface area (Å²) in [4.78, 5) is 22.5. The Bertz CT molecular complexity index is 987. The molecule has 0 radical (unpaired) electrons. The number of rotatable bonds is 9. The van der Waals surface area contributed by atoms with Crippen molar-refractivity contribution >= 4 is 21.7 Å². The fourth-order valence-electron chi connectivity index (χ4n) is 2.55. The van der Waals surface area contributed by atoms with Crippen molar-refractivity contribution < 1.29 is 22.9 Å². The van der Waals surface area contributed by atoms with Gasteiger partial charge in [0.2, 0.25) is 10.0 Å². The first kappa shape index (κ1) is 23.5. The van der Waals surface area contributed by atoms with E-state index in [1.165, 1.54) is 12.1 Å². The van der Waals surface area contributed by atoms with Crippen LogP contribution in [0, 0.1) is 10.1 Å². The third-order valence-corrected chi connectivity index (χ3v) is 5.39. The van der Waals surface area contributed by atoms with Gasteiger partial charge in [-0.15, -0.1) is 0 Å². The molecule has 2 aromatic rings. The van der Waals surface area contributed by atoms with Crippen LogP contribution in [-0.4, -0.2) is 37.5 Å². The summed E-state index contributed by atoms with van der Waals surface area (Å²) in [7, 11) is -4.23. The fourth-order valence-corrected chi connectivity index (χ4v) is 3.77. The van der Waals surface area contributed by atoms with Gasteiger partial charge in [-0.2, -0.15) is 0 Å². The van der Waals surface area contributed by atoms with Crippen LogP contribution < -0.4 is 10.0 Å². The van der Waals surface area contributed by atoms with Gasteiger partial charge in [0.25, 0.3) is 5.69 Å². The van der Waals surface area contributed by atoms with Crippen molar-refractivity contribution in [2.75, 3.05) is 6.54 Å². The van der Waals surface area contributed by atoms with E-state index in [1.54, 1.807) is 20.8 Å². The van der Waals surface area contributed by atoms with Crippen LogP contribution in [0.4, 0.5) is 5.69 Å². The molecule has 0 spiro atoms. The van der Waals surface area contributed by atoms with E-state index in [0.717, 1.165) is 17.7 Å². The summed E-state index contributed by atoms with van der Waals surface area (Å²) in [5.41, 5.74) is -0.412. The first-order chi connectivity index (χ1) is 14.0. The zero-order valence-electron chi connectivity index (χ0n) is 17.0. The Balaban J connectivity index is 2.18. The van der Waals surface area contributed by atoms with E-state index < -0.39 is 43.1 Å². The molecule has 10 heteroatoms. The van der Waals surface area contributed by atoms with Crippen molar-refractivity contribution in [3.05, 3.63) is 70.3 Å². The third kappa shape index (κ3) is 6.90. The number of nitrogens with one attached hydrogen (secondary N) is 2. The number of hydrogen-bond acceptors (Lipinski definition) is 7. The highest BCUT2D eigenvalue weighted by Crippen LogP contribution is 2.22. The predicted molar refractivity (Wildman–Crippen MR) is 111 cm³/mol. The highest BCUT2D eigenvalue weighted by molar-refractivity contribution is 7.89. The minimum Gasteiger partial charge on any atom is -0.459 e. The smallest absolute Gasteiger partial charge is 0.325 e. The normalized spacial score (nSPS) is 12.9. The largest absolute Gasteiger partial charge is 0.459 e. The molecule has 1 atom stereocenters. The Morgan fingerprint density at radius 2 is 1.70 bits per heavy atom. The zero-order chi connectivity index (χ0) is 22.4. The molecular formula is C20H25N3O6S. The van der Waals surface area contributed by atoms with Crippen LogP contribution in [0.25, 0.3) is 0 Å². The molecule has 0 heterocycles. The van der Waals surface area contributed by atoms with E-state index in [-0.39, 0.29) is 6.54 Å². The highest BCUT2D eigenvalue weighted by Gasteiger charge is 2.29. The predicted octanol–water partition coefficient (Wildman–Crippen LogP) is 2.37. The minimum absolute atomic E-state index is 0.304. The van der Waals surface area contributed by atoms with Crippen molar-refractivity contribution in [3.8, 4) is 0 Å². The zero-order valence-corrected chi connectivity index (χ0v) is 17.8. The van der Waals surface area contributed by atoms with Crippen LogP contribution in [0.5, 0.6) is 0 Å². The second-order valence-electron chi connectivity index (χ2n) is 7.53. The second-order valence-corrected chi connectivity index (χ2v) is 9.26. The SMILES string of the molecule is CC(C)(C)OC(=O)C(CNS(=O)(=O)c1ccccc1[N+](=O)[O-])NCc1ccccc1. The Labute approximate surface area is 175 Å². The summed E-state index contributed by atoms with van der Waals surface area (Å²) in [6.45, 7) is 5.08. The number of carbonyl (C=O) groups excluding carboxylic acids is 1. The van der Waals surface area contributed by atoms with Crippen LogP contribution in [0.2, 0.25) is 0 Å². The summed E-state index contributed by atoms with van der Waals surface area (Å²) >= 11 is 0. The lowest BCUT2D eigenvalue weighted by Gasteiger charge is -2.25. The molecule has 0 saturated carbocycles. The molecule has 9 nitrogen and oxygen atoms in total. The van der Waals surface area contributed by atoms with Crippen molar-refractivity contribution in [1.29, 1.82) is 0 Å². The van der Waals surface area contributed by atoms with Gasteiger partial charge < -0.3 is 4.74 Å². The maximum Gasteiger partial charge on any atom is 0.325 e. The molecule has 2 aromatic carbocycles. The van der Waals surface area contributed by atoms with Gasteiger partial charge in [0.05, 0.1) is 4.92 Å². The molecule has 0 aromatic heterocycles. The Morgan fingerprint density at radius 1 is 1.10 bits per heavy atom. The van der Waals surface area contributed by atoms with Crippen LogP contribution in [0.1, 0.15) is 26.3 Å². The number of nitro groups is 1. The lowest BCUT2D eigenvalue weighted by molar-refractivity contribution is -0.387. The van der Waals surface area contributed by atoms with Crippen molar-refractivity contribution in [2.45, 2.75) is 43.9 Å².